The fraction of sp³-hybridized carbons (Fsp3) is 0.500. The Morgan fingerprint density at radius 1 is 1.12 bits per heavy atom. The maximum Gasteiger partial charge on any atom is 0.254 e. The summed E-state index contributed by atoms with van der Waals surface area (Å²) in [7, 11) is 0. The molecular weight excluding hydrogens is 278 g/mol. The minimum Gasteiger partial charge on any atom is -0.339 e. The summed E-state index contributed by atoms with van der Waals surface area (Å²) in [5, 5.41) is 0. The number of carbonyl (C=O) groups excluding carboxylic acids is 1. The van der Waals surface area contributed by atoms with E-state index >= 15 is 0 Å². The van der Waals surface area contributed by atoms with Crippen molar-refractivity contribution in [3.8, 4) is 0 Å². The van der Waals surface area contributed by atoms with Crippen molar-refractivity contribution in [3.63, 3.8) is 0 Å². The summed E-state index contributed by atoms with van der Waals surface area (Å²) < 4.78 is 1.01. The molecule has 0 aliphatic carbocycles. The summed E-state index contributed by atoms with van der Waals surface area (Å²) in [6.07, 6.45) is 0. The summed E-state index contributed by atoms with van der Waals surface area (Å²) in [6.45, 7) is 11.7. The van der Waals surface area contributed by atoms with Crippen molar-refractivity contribution in [2.24, 2.45) is 0 Å². The maximum absolute atomic E-state index is 12.3. The normalized spacial score (nSPS) is 10.5. The Hall–Kier alpha value is -0.830. The number of carbonyl (C=O) groups is 1. The van der Waals surface area contributed by atoms with Gasteiger partial charge in [0.1, 0.15) is 0 Å². The summed E-state index contributed by atoms with van der Waals surface area (Å²) in [6, 6.07) is 1.94. The minimum absolute atomic E-state index is 0.122. The van der Waals surface area contributed by atoms with E-state index in [0.717, 1.165) is 28.7 Å². The first-order valence-electron chi connectivity index (χ1n) is 5.99. The van der Waals surface area contributed by atoms with Gasteiger partial charge in [-0.05, 0) is 57.4 Å². The van der Waals surface area contributed by atoms with Gasteiger partial charge in [0.15, 0.2) is 0 Å². The molecule has 0 saturated heterocycles. The van der Waals surface area contributed by atoms with Crippen LogP contribution < -0.4 is 0 Å². The highest BCUT2D eigenvalue weighted by Gasteiger charge is 2.17. The van der Waals surface area contributed by atoms with Crippen molar-refractivity contribution in [1.29, 1.82) is 0 Å². The zero-order valence-electron chi connectivity index (χ0n) is 11.2. The number of rotatable bonds is 3. The lowest BCUT2D eigenvalue weighted by Gasteiger charge is -2.21. The van der Waals surface area contributed by atoms with Crippen LogP contribution in [0.1, 0.15) is 40.9 Å². The molecule has 17 heavy (non-hydrogen) atoms. The third-order valence-electron chi connectivity index (χ3n) is 3.44. The molecule has 1 amide bonds. The number of nitrogens with zero attached hydrogens (tertiary/aromatic N) is 1. The Bertz CT molecular complexity index is 436. The molecule has 0 aliphatic heterocycles. The van der Waals surface area contributed by atoms with Crippen LogP contribution in [-0.4, -0.2) is 23.9 Å². The number of halogens is 1. The van der Waals surface area contributed by atoms with E-state index in [4.69, 9.17) is 0 Å². The van der Waals surface area contributed by atoms with Crippen LogP contribution in [0.5, 0.6) is 0 Å². The van der Waals surface area contributed by atoms with Crippen molar-refractivity contribution >= 4 is 21.8 Å². The average Bonchev–Trinajstić information content (AvgIpc) is 2.32. The predicted molar refractivity (Wildman–Crippen MR) is 75.6 cm³/mol. The Kier molecular flexibility index (Phi) is 4.75. The second-order valence-corrected chi connectivity index (χ2v) is 5.11. The van der Waals surface area contributed by atoms with Gasteiger partial charge in [0.05, 0.1) is 0 Å². The fourth-order valence-electron chi connectivity index (χ4n) is 1.91. The van der Waals surface area contributed by atoms with Crippen molar-refractivity contribution in [1.82, 2.24) is 4.90 Å². The van der Waals surface area contributed by atoms with Crippen LogP contribution in [0.15, 0.2) is 10.5 Å². The van der Waals surface area contributed by atoms with Gasteiger partial charge >= 0.3 is 0 Å². The second kappa shape index (κ2) is 5.67. The molecule has 0 aliphatic rings. The molecule has 1 rings (SSSR count). The van der Waals surface area contributed by atoms with Crippen molar-refractivity contribution < 1.29 is 4.79 Å². The quantitative estimate of drug-likeness (QED) is 0.830. The first-order valence-corrected chi connectivity index (χ1v) is 6.78. The topological polar surface area (TPSA) is 20.3 Å². The fourth-order valence-corrected chi connectivity index (χ4v) is 2.44. The highest BCUT2D eigenvalue weighted by Crippen LogP contribution is 2.26. The van der Waals surface area contributed by atoms with E-state index in [1.807, 2.05) is 31.7 Å². The first-order chi connectivity index (χ1) is 7.93. The summed E-state index contributed by atoms with van der Waals surface area (Å²) in [5.41, 5.74) is 4.29. The number of amides is 1. The average molecular weight is 298 g/mol. The smallest absolute Gasteiger partial charge is 0.254 e. The molecule has 3 heteroatoms. The molecule has 2 nitrogen and oxygen atoms in total. The largest absolute Gasteiger partial charge is 0.339 e. The molecule has 0 spiro atoms. The van der Waals surface area contributed by atoms with Crippen LogP contribution in [0, 0.1) is 20.8 Å². The predicted octanol–water partition coefficient (Wildman–Crippen LogP) is 3.86. The van der Waals surface area contributed by atoms with E-state index in [1.54, 1.807) is 0 Å². The van der Waals surface area contributed by atoms with E-state index in [2.05, 4.69) is 29.8 Å². The number of hydrogen-bond acceptors (Lipinski definition) is 1. The van der Waals surface area contributed by atoms with Gasteiger partial charge in [0.25, 0.3) is 5.91 Å². The lowest BCUT2D eigenvalue weighted by Crippen LogP contribution is -2.31. The Balaban J connectivity index is 3.28. The zero-order valence-corrected chi connectivity index (χ0v) is 12.8. The highest BCUT2D eigenvalue weighted by molar-refractivity contribution is 9.10. The van der Waals surface area contributed by atoms with Gasteiger partial charge in [-0.3, -0.25) is 4.79 Å². The van der Waals surface area contributed by atoms with Gasteiger partial charge in [0.2, 0.25) is 0 Å². The molecule has 0 heterocycles. The van der Waals surface area contributed by atoms with Gasteiger partial charge in [-0.1, -0.05) is 15.9 Å². The standard InChI is InChI=1S/C14H20BrNO/c1-6-16(7-2)14(17)12-8-13(15)11(5)9(3)10(12)4/h8H,6-7H2,1-5H3. The second-order valence-electron chi connectivity index (χ2n) is 4.26. The lowest BCUT2D eigenvalue weighted by molar-refractivity contribution is 0.0772. The van der Waals surface area contributed by atoms with Crippen LogP contribution in [0.3, 0.4) is 0 Å². The van der Waals surface area contributed by atoms with Gasteiger partial charge < -0.3 is 4.90 Å². The first kappa shape index (κ1) is 14.2. The van der Waals surface area contributed by atoms with Crippen molar-refractivity contribution in [3.05, 3.63) is 32.8 Å². The molecule has 0 radical (unpaired) electrons. The molecule has 0 saturated carbocycles. The summed E-state index contributed by atoms with van der Waals surface area (Å²) in [5.74, 6) is 0.122. The van der Waals surface area contributed by atoms with Gasteiger partial charge in [-0.15, -0.1) is 0 Å². The maximum atomic E-state index is 12.3. The van der Waals surface area contributed by atoms with E-state index in [0.29, 0.717) is 0 Å². The molecule has 0 unspecified atom stereocenters. The van der Waals surface area contributed by atoms with Crippen LogP contribution >= 0.6 is 15.9 Å². The molecular formula is C14H20BrNO. The van der Waals surface area contributed by atoms with Crippen LogP contribution in [0.25, 0.3) is 0 Å². The van der Waals surface area contributed by atoms with Gasteiger partial charge in [-0.2, -0.15) is 0 Å². The summed E-state index contributed by atoms with van der Waals surface area (Å²) >= 11 is 3.52. The van der Waals surface area contributed by atoms with Gasteiger partial charge in [-0.25, -0.2) is 0 Å². The Labute approximate surface area is 112 Å². The highest BCUT2D eigenvalue weighted by atomic mass is 79.9. The molecule has 0 aromatic heterocycles. The monoisotopic (exact) mass is 297 g/mol. The summed E-state index contributed by atoms with van der Waals surface area (Å²) in [4.78, 5) is 14.2. The molecule has 0 N–H and O–H groups in total. The Morgan fingerprint density at radius 3 is 2.12 bits per heavy atom. The van der Waals surface area contributed by atoms with E-state index in [1.165, 1.54) is 11.1 Å². The SMILES string of the molecule is CCN(CC)C(=O)c1cc(Br)c(C)c(C)c1C. The third kappa shape index (κ3) is 2.71. The zero-order chi connectivity index (χ0) is 13.2. The molecule has 0 atom stereocenters. The molecule has 1 aromatic carbocycles. The molecule has 94 valence electrons. The lowest BCUT2D eigenvalue weighted by atomic mass is 9.98. The minimum atomic E-state index is 0.122. The molecule has 0 fully saturated rings. The third-order valence-corrected chi connectivity index (χ3v) is 4.26. The van der Waals surface area contributed by atoms with Crippen molar-refractivity contribution in [2.75, 3.05) is 13.1 Å². The van der Waals surface area contributed by atoms with Crippen LogP contribution in [0.4, 0.5) is 0 Å². The molecule has 1 aromatic rings. The van der Waals surface area contributed by atoms with E-state index in [9.17, 15) is 4.79 Å². The van der Waals surface area contributed by atoms with Crippen LogP contribution in [-0.2, 0) is 0 Å². The van der Waals surface area contributed by atoms with Gasteiger partial charge in [0, 0.05) is 23.1 Å². The molecule has 0 bridgehead atoms. The van der Waals surface area contributed by atoms with E-state index < -0.39 is 0 Å². The van der Waals surface area contributed by atoms with Crippen molar-refractivity contribution in [2.45, 2.75) is 34.6 Å². The van der Waals surface area contributed by atoms with E-state index in [-0.39, 0.29) is 5.91 Å². The Morgan fingerprint density at radius 2 is 1.65 bits per heavy atom. The van der Waals surface area contributed by atoms with Crippen LogP contribution in [0.2, 0.25) is 0 Å². The number of hydrogen-bond donors (Lipinski definition) is 0. The number of benzene rings is 1.